The molecular weight excluding hydrogens is 474 g/mol. The number of ether oxygens (including phenoxy) is 1. The van der Waals surface area contributed by atoms with Crippen LogP contribution in [0.15, 0.2) is 50.8 Å². The number of rotatable bonds is 7. The van der Waals surface area contributed by atoms with E-state index in [4.69, 9.17) is 21.4 Å². The number of fused-ring (bicyclic) bond motifs is 1. The molecule has 0 fully saturated rings. The molecule has 0 amide bonds. The fraction of sp³-hybridized carbons (Fsp3) is 0.238. The summed E-state index contributed by atoms with van der Waals surface area (Å²) in [6, 6.07) is 10.1. The van der Waals surface area contributed by atoms with Crippen LogP contribution in [-0.2, 0) is 11.2 Å². The van der Waals surface area contributed by atoms with E-state index in [0.29, 0.717) is 39.5 Å². The molecule has 0 radical (unpaired) electrons. The summed E-state index contributed by atoms with van der Waals surface area (Å²) in [4.78, 5) is 28.8. The Hall–Kier alpha value is -2.71. The van der Waals surface area contributed by atoms with Crippen molar-refractivity contribution in [2.45, 2.75) is 32.8 Å². The first-order valence-electron chi connectivity index (χ1n) is 9.24. The number of hydrogen-bond acceptors (Lipinski definition) is 5. The minimum absolute atomic E-state index is 0.291. The Morgan fingerprint density at radius 3 is 2.83 bits per heavy atom. The third-order valence-corrected chi connectivity index (χ3v) is 5.01. The lowest BCUT2D eigenvalue weighted by atomic mass is 10.2. The van der Waals surface area contributed by atoms with Crippen LogP contribution in [0.1, 0.15) is 31.7 Å². The van der Waals surface area contributed by atoms with E-state index < -0.39 is 12.1 Å². The van der Waals surface area contributed by atoms with E-state index in [1.165, 1.54) is 17.8 Å². The maximum absolute atomic E-state index is 13.1. The van der Waals surface area contributed by atoms with Gasteiger partial charge in [-0.15, -0.1) is 0 Å². The van der Waals surface area contributed by atoms with Gasteiger partial charge in [-0.1, -0.05) is 34.5 Å². The highest BCUT2D eigenvalue weighted by Crippen LogP contribution is 2.23. The Balaban J connectivity index is 2.10. The van der Waals surface area contributed by atoms with Gasteiger partial charge in [0.05, 0.1) is 17.1 Å². The lowest BCUT2D eigenvalue weighted by Gasteiger charge is -2.13. The van der Waals surface area contributed by atoms with E-state index in [0.717, 1.165) is 10.9 Å². The van der Waals surface area contributed by atoms with Gasteiger partial charge in [-0.2, -0.15) is 9.78 Å². The average Bonchev–Trinajstić information content (AvgIpc) is 2.70. The van der Waals surface area contributed by atoms with E-state index in [9.17, 15) is 9.59 Å². The summed E-state index contributed by atoms with van der Waals surface area (Å²) >= 11 is 9.46. The van der Waals surface area contributed by atoms with Crippen LogP contribution in [0, 0.1) is 0 Å². The van der Waals surface area contributed by atoms with Gasteiger partial charge in [-0.05, 0) is 49.7 Å². The summed E-state index contributed by atoms with van der Waals surface area (Å²) in [5, 5.41) is 14.3. The highest BCUT2D eigenvalue weighted by Gasteiger charge is 2.15. The molecule has 9 heteroatoms. The van der Waals surface area contributed by atoms with Crippen LogP contribution in [0.25, 0.3) is 10.9 Å². The molecule has 0 aliphatic carbocycles. The summed E-state index contributed by atoms with van der Waals surface area (Å²) in [6.07, 6.45) is 1.71. The zero-order valence-electron chi connectivity index (χ0n) is 16.3. The first-order chi connectivity index (χ1) is 14.3. The Morgan fingerprint density at radius 2 is 2.13 bits per heavy atom. The summed E-state index contributed by atoms with van der Waals surface area (Å²) in [7, 11) is 0. The van der Waals surface area contributed by atoms with Crippen LogP contribution in [-0.4, -0.2) is 33.1 Å². The lowest BCUT2D eigenvalue weighted by Crippen LogP contribution is -2.24. The second-order valence-electron chi connectivity index (χ2n) is 6.58. The van der Waals surface area contributed by atoms with Crippen molar-refractivity contribution >= 4 is 50.6 Å². The topological polar surface area (TPSA) is 93.8 Å². The molecule has 0 bridgehead atoms. The molecule has 1 aromatic heterocycles. The van der Waals surface area contributed by atoms with Crippen LogP contribution < -0.4 is 10.3 Å². The number of aliphatic carboxylic acids is 1. The molecule has 1 N–H and O–H groups in total. The quantitative estimate of drug-likeness (QED) is 0.490. The van der Waals surface area contributed by atoms with Gasteiger partial charge < -0.3 is 9.84 Å². The second-order valence-corrected chi connectivity index (χ2v) is 7.93. The highest BCUT2D eigenvalue weighted by molar-refractivity contribution is 9.10. The van der Waals surface area contributed by atoms with Crippen molar-refractivity contribution in [3.8, 4) is 5.75 Å². The predicted octanol–water partition coefficient (Wildman–Crippen LogP) is 4.50. The van der Waals surface area contributed by atoms with Crippen molar-refractivity contribution in [2.24, 2.45) is 5.10 Å². The summed E-state index contributed by atoms with van der Waals surface area (Å²) in [5.41, 5.74) is 0.740. The van der Waals surface area contributed by atoms with Crippen molar-refractivity contribution in [2.75, 3.05) is 0 Å². The molecular formula is C21H19BrClN3O4. The standard InChI is InChI=1S/C21H19BrClN3O4/c1-3-4-19-25-17-7-5-14(22)10-16(17)20(27)26(19)24-11-13-9-15(23)6-8-18(13)30-12(2)21(28)29/h5-12H,3-4H2,1-2H3,(H,28,29)/t12-/m0/s1. The first-order valence-corrected chi connectivity index (χ1v) is 10.4. The smallest absolute Gasteiger partial charge is 0.344 e. The number of hydrogen-bond donors (Lipinski definition) is 1. The van der Waals surface area contributed by atoms with E-state index in [-0.39, 0.29) is 5.56 Å². The van der Waals surface area contributed by atoms with Crippen LogP contribution >= 0.6 is 27.5 Å². The van der Waals surface area contributed by atoms with Crippen molar-refractivity contribution in [1.29, 1.82) is 0 Å². The third-order valence-electron chi connectivity index (χ3n) is 4.28. The molecule has 3 rings (SSSR count). The van der Waals surface area contributed by atoms with Crippen LogP contribution in [0.5, 0.6) is 5.75 Å². The molecule has 0 unspecified atom stereocenters. The number of carbonyl (C=O) groups is 1. The number of aryl methyl sites for hydroxylation is 1. The molecule has 156 valence electrons. The summed E-state index contributed by atoms with van der Waals surface area (Å²) in [6.45, 7) is 3.41. The Bertz CT molecular complexity index is 1190. The molecule has 30 heavy (non-hydrogen) atoms. The zero-order valence-corrected chi connectivity index (χ0v) is 18.6. The number of carboxylic acid groups (broad SMARTS) is 1. The molecule has 0 aliphatic heterocycles. The minimum atomic E-state index is -1.10. The van der Waals surface area contributed by atoms with Gasteiger partial charge in [0.15, 0.2) is 6.10 Å². The maximum atomic E-state index is 13.1. The Kier molecular flexibility index (Phi) is 6.89. The molecule has 3 aromatic rings. The number of aromatic nitrogens is 2. The van der Waals surface area contributed by atoms with Crippen molar-refractivity contribution in [3.63, 3.8) is 0 Å². The van der Waals surface area contributed by atoms with Crippen molar-refractivity contribution in [3.05, 3.63) is 67.6 Å². The van der Waals surface area contributed by atoms with Gasteiger partial charge in [0.1, 0.15) is 11.6 Å². The van der Waals surface area contributed by atoms with E-state index in [1.807, 2.05) is 13.0 Å². The van der Waals surface area contributed by atoms with Crippen molar-refractivity contribution < 1.29 is 14.6 Å². The van der Waals surface area contributed by atoms with E-state index >= 15 is 0 Å². The lowest BCUT2D eigenvalue weighted by molar-refractivity contribution is -0.144. The summed E-state index contributed by atoms with van der Waals surface area (Å²) in [5.74, 6) is -0.282. The molecule has 1 heterocycles. The molecule has 0 aliphatic rings. The highest BCUT2D eigenvalue weighted by atomic mass is 79.9. The van der Waals surface area contributed by atoms with Crippen LogP contribution in [0.2, 0.25) is 5.02 Å². The van der Waals surface area contributed by atoms with E-state index in [2.05, 4.69) is 26.0 Å². The fourth-order valence-electron chi connectivity index (χ4n) is 2.79. The normalized spacial score (nSPS) is 12.4. The number of halogens is 2. The first kappa shape index (κ1) is 22.0. The predicted molar refractivity (Wildman–Crippen MR) is 120 cm³/mol. The Morgan fingerprint density at radius 1 is 1.37 bits per heavy atom. The van der Waals surface area contributed by atoms with Gasteiger partial charge in [0, 0.05) is 21.5 Å². The van der Waals surface area contributed by atoms with Gasteiger partial charge in [0.25, 0.3) is 5.56 Å². The monoisotopic (exact) mass is 491 g/mol. The van der Waals surface area contributed by atoms with Crippen LogP contribution in [0.4, 0.5) is 0 Å². The SMILES string of the molecule is CCCc1nc2ccc(Br)cc2c(=O)n1N=Cc1cc(Cl)ccc1O[C@@H](C)C(=O)O. The molecule has 2 aromatic carbocycles. The van der Waals surface area contributed by atoms with E-state index in [1.54, 1.807) is 30.3 Å². The second kappa shape index (κ2) is 9.40. The van der Waals surface area contributed by atoms with Crippen LogP contribution in [0.3, 0.4) is 0 Å². The van der Waals surface area contributed by atoms with Gasteiger partial charge in [-0.3, -0.25) is 4.79 Å². The minimum Gasteiger partial charge on any atom is -0.479 e. The third kappa shape index (κ3) is 4.88. The number of nitrogens with zero attached hydrogens (tertiary/aromatic N) is 3. The fourth-order valence-corrected chi connectivity index (χ4v) is 3.33. The summed E-state index contributed by atoms with van der Waals surface area (Å²) < 4.78 is 7.50. The largest absolute Gasteiger partial charge is 0.479 e. The van der Waals surface area contributed by atoms with Gasteiger partial charge in [-0.25, -0.2) is 9.78 Å². The zero-order chi connectivity index (χ0) is 21.8. The van der Waals surface area contributed by atoms with Crippen molar-refractivity contribution in [1.82, 2.24) is 9.66 Å². The Labute approximate surface area is 186 Å². The molecule has 0 spiro atoms. The molecule has 7 nitrogen and oxygen atoms in total. The average molecular weight is 493 g/mol. The number of benzene rings is 2. The maximum Gasteiger partial charge on any atom is 0.344 e. The van der Waals surface area contributed by atoms with Gasteiger partial charge in [0.2, 0.25) is 0 Å². The molecule has 0 saturated carbocycles. The van der Waals surface area contributed by atoms with Gasteiger partial charge >= 0.3 is 5.97 Å². The molecule has 1 atom stereocenters. The number of carboxylic acids is 1. The molecule has 0 saturated heterocycles.